The number of hydrogen-bond acceptors (Lipinski definition) is 10. The molecule has 3 aromatic carbocycles. The molecule has 0 bridgehead atoms. The predicted molar refractivity (Wildman–Crippen MR) is 111 cm³/mol. The van der Waals surface area contributed by atoms with Crippen LogP contribution in [0.3, 0.4) is 0 Å². The maximum absolute atomic E-state index is 10.7. The number of benzene rings is 3. The van der Waals surface area contributed by atoms with Crippen molar-refractivity contribution in [3.63, 3.8) is 0 Å². The molecule has 3 aromatic rings. The zero-order valence-corrected chi connectivity index (χ0v) is 16.0. The zero-order valence-electron chi connectivity index (χ0n) is 16.0. The second kappa shape index (κ2) is 10.5. The lowest BCUT2D eigenvalue weighted by Gasteiger charge is -2.11. The highest BCUT2D eigenvalue weighted by atomic mass is 16.5. The van der Waals surface area contributed by atoms with Gasteiger partial charge < -0.3 is 9.47 Å². The second-order valence-corrected chi connectivity index (χ2v) is 5.80. The largest absolute Gasteiger partial charge is 0.455 e. The molecule has 0 N–H and O–H groups in total. The predicted octanol–water partition coefficient (Wildman–Crippen LogP) is 5.14. The van der Waals surface area contributed by atoms with Crippen LogP contribution in [0.2, 0.25) is 0 Å². The van der Waals surface area contributed by atoms with Crippen LogP contribution >= 0.6 is 0 Å². The van der Waals surface area contributed by atoms with Crippen molar-refractivity contribution in [2.24, 2.45) is 20.0 Å². The van der Waals surface area contributed by atoms with Crippen molar-refractivity contribution < 1.29 is 28.7 Å². The van der Waals surface area contributed by atoms with Crippen molar-refractivity contribution in [3.05, 3.63) is 60.7 Å². The number of hydrogen-bond donors (Lipinski definition) is 0. The molecule has 32 heavy (non-hydrogen) atoms. The van der Waals surface area contributed by atoms with Gasteiger partial charge in [0.05, 0.1) is 11.4 Å². The minimum Gasteiger partial charge on any atom is -0.455 e. The molecule has 0 saturated heterocycles. The third-order valence-corrected chi connectivity index (χ3v) is 3.83. The van der Waals surface area contributed by atoms with Gasteiger partial charge in [-0.3, -0.25) is 0 Å². The Labute approximate surface area is 179 Å². The van der Waals surface area contributed by atoms with Crippen molar-refractivity contribution >= 4 is 47.1 Å². The maximum Gasteiger partial charge on any atom is 0.240 e. The molecule has 10 nitrogen and oxygen atoms in total. The van der Waals surface area contributed by atoms with E-state index in [0.29, 0.717) is 11.5 Å². The molecule has 0 aliphatic carbocycles. The Balaban J connectivity index is 1.90. The van der Waals surface area contributed by atoms with Gasteiger partial charge in [0.15, 0.2) is 11.5 Å². The van der Waals surface area contributed by atoms with Gasteiger partial charge in [-0.25, -0.2) is 19.2 Å². The summed E-state index contributed by atoms with van der Waals surface area (Å²) in [5.74, 6) is 1.08. The Morgan fingerprint density at radius 3 is 1.38 bits per heavy atom. The van der Waals surface area contributed by atoms with Crippen molar-refractivity contribution in [1.29, 1.82) is 0 Å². The van der Waals surface area contributed by atoms with E-state index in [1.54, 1.807) is 18.2 Å². The molecule has 0 aliphatic rings. The fraction of sp³-hybridized carbons (Fsp3) is 0. The molecule has 0 heterocycles. The molecule has 3 rings (SSSR count). The van der Waals surface area contributed by atoms with Crippen molar-refractivity contribution in [2.75, 3.05) is 0 Å². The second-order valence-electron chi connectivity index (χ2n) is 5.80. The van der Waals surface area contributed by atoms with Crippen LogP contribution in [-0.2, 0) is 19.2 Å². The molecule has 0 aromatic heterocycles. The average molecular weight is 426 g/mol. The first-order chi connectivity index (χ1) is 15.7. The minimum atomic E-state index is 0.108. The molecule has 0 atom stereocenters. The fourth-order valence-corrected chi connectivity index (χ4v) is 2.56. The van der Waals surface area contributed by atoms with Crippen LogP contribution in [0.5, 0.6) is 23.0 Å². The summed E-state index contributed by atoms with van der Waals surface area (Å²) >= 11 is 0. The van der Waals surface area contributed by atoms with E-state index in [2.05, 4.69) is 20.0 Å². The summed E-state index contributed by atoms with van der Waals surface area (Å²) in [4.78, 5) is 56.3. The SMILES string of the molecule is O=C=Nc1ccc(Oc2cccc(Oc3ccc(N=C=O)cc3N=C=O)c2)c(N=C=O)c1. The van der Waals surface area contributed by atoms with Gasteiger partial charge in [-0.05, 0) is 48.5 Å². The summed E-state index contributed by atoms with van der Waals surface area (Å²) in [6.45, 7) is 0. The third-order valence-electron chi connectivity index (χ3n) is 3.83. The van der Waals surface area contributed by atoms with E-state index in [0.717, 1.165) is 0 Å². The topological polar surface area (TPSA) is 136 Å². The van der Waals surface area contributed by atoms with Gasteiger partial charge in [0, 0.05) is 6.07 Å². The molecule has 0 saturated carbocycles. The minimum absolute atomic E-state index is 0.108. The van der Waals surface area contributed by atoms with Gasteiger partial charge in [-0.1, -0.05) is 6.07 Å². The van der Waals surface area contributed by atoms with Crippen molar-refractivity contribution in [3.8, 4) is 23.0 Å². The standard InChI is InChI=1S/C22H10N4O6/c27-11-23-15-4-6-21(19(8-15)25-13-29)31-17-2-1-3-18(10-17)32-22-7-5-16(24-12-28)9-20(22)26-14-30/h1-10H. The van der Waals surface area contributed by atoms with Gasteiger partial charge in [0.2, 0.25) is 24.3 Å². The zero-order chi connectivity index (χ0) is 22.8. The van der Waals surface area contributed by atoms with Crippen molar-refractivity contribution in [2.45, 2.75) is 0 Å². The van der Waals surface area contributed by atoms with Crippen LogP contribution in [0.15, 0.2) is 80.6 Å². The Morgan fingerprint density at radius 2 is 0.969 bits per heavy atom. The molecule has 0 fully saturated rings. The molecule has 10 heteroatoms. The number of rotatable bonds is 8. The van der Waals surface area contributed by atoms with E-state index in [-0.39, 0.29) is 34.2 Å². The first-order valence-electron chi connectivity index (χ1n) is 8.72. The Morgan fingerprint density at radius 1 is 0.531 bits per heavy atom. The summed E-state index contributed by atoms with van der Waals surface area (Å²) in [5.41, 5.74) is 0.696. The molecule has 0 amide bonds. The van der Waals surface area contributed by atoms with Crippen LogP contribution < -0.4 is 9.47 Å². The first kappa shape index (κ1) is 21.5. The smallest absolute Gasteiger partial charge is 0.240 e. The van der Waals surface area contributed by atoms with Gasteiger partial charge in [-0.15, -0.1) is 0 Å². The normalized spacial score (nSPS) is 9.25. The maximum atomic E-state index is 10.7. The van der Waals surface area contributed by atoms with Gasteiger partial charge in [0.1, 0.15) is 22.9 Å². The van der Waals surface area contributed by atoms with Crippen LogP contribution in [0.4, 0.5) is 22.7 Å². The Hall–Kier alpha value is -5.22. The molecular formula is C22H10N4O6. The van der Waals surface area contributed by atoms with E-state index in [4.69, 9.17) is 9.47 Å². The first-order valence-corrected chi connectivity index (χ1v) is 8.72. The lowest BCUT2D eigenvalue weighted by Crippen LogP contribution is -1.88. The lowest BCUT2D eigenvalue weighted by atomic mass is 10.2. The monoisotopic (exact) mass is 426 g/mol. The number of ether oxygens (including phenoxy) is 2. The van der Waals surface area contributed by atoms with E-state index >= 15 is 0 Å². The van der Waals surface area contributed by atoms with Gasteiger partial charge >= 0.3 is 0 Å². The third kappa shape index (κ3) is 5.43. The number of aliphatic imine (C=N–C) groups is 4. The average Bonchev–Trinajstić information content (AvgIpc) is 2.78. The highest BCUT2D eigenvalue weighted by Gasteiger charge is 2.10. The Kier molecular flexibility index (Phi) is 7.07. The summed E-state index contributed by atoms with van der Waals surface area (Å²) < 4.78 is 11.5. The molecule has 0 spiro atoms. The van der Waals surface area contributed by atoms with Crippen molar-refractivity contribution in [1.82, 2.24) is 0 Å². The summed E-state index contributed by atoms with van der Waals surface area (Å²) in [5, 5.41) is 0. The quantitative estimate of drug-likeness (QED) is 0.361. The molecule has 0 aliphatic heterocycles. The lowest BCUT2D eigenvalue weighted by molar-refractivity contribution is 0.461. The van der Waals surface area contributed by atoms with Gasteiger partial charge in [0.25, 0.3) is 0 Å². The Bertz CT molecular complexity index is 1260. The summed E-state index contributed by atoms with van der Waals surface area (Å²) in [6.07, 6.45) is 5.62. The highest BCUT2D eigenvalue weighted by molar-refractivity contribution is 5.67. The summed E-state index contributed by atoms with van der Waals surface area (Å²) in [6, 6.07) is 15.1. The molecular weight excluding hydrogens is 416 g/mol. The van der Waals surface area contributed by atoms with Crippen LogP contribution in [0.25, 0.3) is 0 Å². The van der Waals surface area contributed by atoms with Crippen LogP contribution in [0, 0.1) is 0 Å². The molecule has 0 unspecified atom stereocenters. The number of nitrogens with zero attached hydrogens (tertiary/aromatic N) is 4. The molecule has 0 radical (unpaired) electrons. The number of carbonyl (C=O) groups excluding carboxylic acids is 4. The van der Waals surface area contributed by atoms with E-state index in [1.807, 2.05) is 0 Å². The number of isocyanates is 4. The van der Waals surface area contributed by atoms with Gasteiger partial charge in [-0.2, -0.15) is 20.0 Å². The van der Waals surface area contributed by atoms with E-state index in [9.17, 15) is 19.2 Å². The fourth-order valence-electron chi connectivity index (χ4n) is 2.56. The van der Waals surface area contributed by atoms with Crippen LogP contribution in [0.1, 0.15) is 0 Å². The molecule has 154 valence electrons. The highest BCUT2D eigenvalue weighted by Crippen LogP contribution is 2.38. The van der Waals surface area contributed by atoms with E-state index < -0.39 is 0 Å². The van der Waals surface area contributed by atoms with E-state index in [1.165, 1.54) is 66.8 Å². The summed E-state index contributed by atoms with van der Waals surface area (Å²) in [7, 11) is 0. The van der Waals surface area contributed by atoms with Crippen LogP contribution in [-0.4, -0.2) is 24.3 Å².